The summed E-state index contributed by atoms with van der Waals surface area (Å²) in [5.74, 6) is 0.491. The molecule has 0 amide bonds. The third kappa shape index (κ3) is 4.29. The Labute approximate surface area is 160 Å². The third-order valence-corrected chi connectivity index (χ3v) is 5.42. The van der Waals surface area contributed by atoms with E-state index in [9.17, 15) is 4.79 Å². The number of hydrogen-bond acceptors (Lipinski definition) is 5. The first kappa shape index (κ1) is 19.0. The average Bonchev–Trinajstić information content (AvgIpc) is 2.68. The van der Waals surface area contributed by atoms with Crippen LogP contribution >= 0.6 is 12.6 Å². The zero-order valence-corrected chi connectivity index (χ0v) is 16.1. The molecule has 2 aromatic rings. The first-order valence-corrected chi connectivity index (χ1v) is 9.54. The number of fused-ring (bicyclic) bond motifs is 1. The summed E-state index contributed by atoms with van der Waals surface area (Å²) < 4.78 is 5.08. The highest BCUT2D eigenvalue weighted by Crippen LogP contribution is 2.22. The molecule has 3 rings (SSSR count). The SMILES string of the molecule is C=C(CS)CN1CCN(Cc2cccc3ccccc23)C(C(=O)OC)C1. The number of benzene rings is 2. The van der Waals surface area contributed by atoms with E-state index in [0.29, 0.717) is 12.3 Å². The zero-order valence-electron chi connectivity index (χ0n) is 15.2. The molecule has 5 heteroatoms. The fourth-order valence-electron chi connectivity index (χ4n) is 3.58. The van der Waals surface area contributed by atoms with E-state index in [-0.39, 0.29) is 12.0 Å². The Bertz CT molecular complexity index is 787. The lowest BCUT2D eigenvalue weighted by Gasteiger charge is -2.40. The van der Waals surface area contributed by atoms with E-state index in [1.54, 1.807) is 0 Å². The summed E-state index contributed by atoms with van der Waals surface area (Å²) in [6, 6.07) is 14.5. The number of methoxy groups -OCH3 is 1. The lowest BCUT2D eigenvalue weighted by atomic mass is 10.0. The van der Waals surface area contributed by atoms with Gasteiger partial charge in [0.1, 0.15) is 6.04 Å². The summed E-state index contributed by atoms with van der Waals surface area (Å²) in [5, 5.41) is 2.47. The largest absolute Gasteiger partial charge is 0.468 e. The Morgan fingerprint density at radius 2 is 2.00 bits per heavy atom. The van der Waals surface area contributed by atoms with Gasteiger partial charge in [-0.1, -0.05) is 54.6 Å². The molecular weight excluding hydrogens is 344 g/mol. The maximum atomic E-state index is 12.4. The molecule has 1 saturated heterocycles. The highest BCUT2D eigenvalue weighted by molar-refractivity contribution is 7.80. The van der Waals surface area contributed by atoms with Crippen molar-refractivity contribution in [2.75, 3.05) is 39.0 Å². The number of carbonyl (C=O) groups is 1. The Balaban J connectivity index is 1.79. The fraction of sp³-hybridized carbons (Fsp3) is 0.381. The maximum Gasteiger partial charge on any atom is 0.324 e. The Morgan fingerprint density at radius 3 is 2.77 bits per heavy atom. The minimum absolute atomic E-state index is 0.175. The van der Waals surface area contributed by atoms with Gasteiger partial charge >= 0.3 is 5.97 Å². The second kappa shape index (κ2) is 8.71. The number of rotatable bonds is 6. The van der Waals surface area contributed by atoms with Crippen LogP contribution in [0.4, 0.5) is 0 Å². The standard InChI is InChI=1S/C21H26N2O2S/c1-16(15-26)12-22-10-11-23(20(14-22)21(24)25-2)13-18-8-5-7-17-6-3-4-9-19(17)18/h3-9,20,26H,1,10-15H2,2H3. The Hall–Kier alpha value is -1.82. The van der Waals surface area contributed by atoms with Crippen LogP contribution in [0.5, 0.6) is 0 Å². The zero-order chi connectivity index (χ0) is 18.5. The van der Waals surface area contributed by atoms with Gasteiger partial charge in [-0.05, 0) is 16.3 Å². The van der Waals surface area contributed by atoms with E-state index in [2.05, 4.69) is 71.5 Å². The molecule has 1 aliphatic heterocycles. The van der Waals surface area contributed by atoms with Crippen LogP contribution in [0.25, 0.3) is 10.8 Å². The number of nitrogens with zero attached hydrogens (tertiary/aromatic N) is 2. The smallest absolute Gasteiger partial charge is 0.324 e. The van der Waals surface area contributed by atoms with Crippen molar-refractivity contribution in [1.82, 2.24) is 9.80 Å². The van der Waals surface area contributed by atoms with Gasteiger partial charge in [0.25, 0.3) is 0 Å². The fourth-order valence-corrected chi connectivity index (χ4v) is 3.68. The van der Waals surface area contributed by atoms with Crippen molar-refractivity contribution >= 4 is 29.4 Å². The summed E-state index contributed by atoms with van der Waals surface area (Å²) >= 11 is 4.29. The summed E-state index contributed by atoms with van der Waals surface area (Å²) in [5.41, 5.74) is 2.31. The van der Waals surface area contributed by atoms with Crippen molar-refractivity contribution in [2.24, 2.45) is 0 Å². The van der Waals surface area contributed by atoms with Crippen LogP contribution in [-0.4, -0.2) is 60.9 Å². The highest BCUT2D eigenvalue weighted by atomic mass is 32.1. The molecule has 0 aromatic heterocycles. The molecule has 0 saturated carbocycles. The van der Waals surface area contributed by atoms with Gasteiger partial charge in [-0.3, -0.25) is 14.6 Å². The van der Waals surface area contributed by atoms with Crippen LogP contribution in [0.1, 0.15) is 5.56 Å². The van der Waals surface area contributed by atoms with Crippen molar-refractivity contribution in [1.29, 1.82) is 0 Å². The van der Waals surface area contributed by atoms with Crippen LogP contribution in [-0.2, 0) is 16.1 Å². The van der Waals surface area contributed by atoms with Gasteiger partial charge < -0.3 is 4.74 Å². The molecule has 0 radical (unpaired) electrons. The van der Waals surface area contributed by atoms with E-state index in [4.69, 9.17) is 4.74 Å². The normalized spacial score (nSPS) is 18.8. The molecule has 0 spiro atoms. The number of hydrogen-bond donors (Lipinski definition) is 1. The molecule has 0 N–H and O–H groups in total. The van der Waals surface area contributed by atoms with Crippen LogP contribution in [0, 0.1) is 0 Å². The first-order chi connectivity index (χ1) is 12.6. The van der Waals surface area contributed by atoms with Crippen molar-refractivity contribution in [3.63, 3.8) is 0 Å². The van der Waals surface area contributed by atoms with Gasteiger partial charge in [-0.15, -0.1) is 0 Å². The lowest BCUT2D eigenvalue weighted by molar-refractivity contribution is -0.149. The molecular formula is C21H26N2O2S. The Kier molecular flexibility index (Phi) is 6.35. The molecule has 0 aliphatic carbocycles. The monoisotopic (exact) mass is 370 g/mol. The van der Waals surface area contributed by atoms with Gasteiger partial charge in [0.05, 0.1) is 7.11 Å². The van der Waals surface area contributed by atoms with Gasteiger partial charge in [0.15, 0.2) is 0 Å². The number of thiol groups is 1. The number of esters is 1. The van der Waals surface area contributed by atoms with Crippen LogP contribution in [0.2, 0.25) is 0 Å². The molecule has 2 aromatic carbocycles. The van der Waals surface area contributed by atoms with Gasteiger partial charge in [0.2, 0.25) is 0 Å². The highest BCUT2D eigenvalue weighted by Gasteiger charge is 2.33. The van der Waals surface area contributed by atoms with Gasteiger partial charge in [-0.25, -0.2) is 0 Å². The maximum absolute atomic E-state index is 12.4. The van der Waals surface area contributed by atoms with E-state index < -0.39 is 0 Å². The average molecular weight is 371 g/mol. The molecule has 0 bridgehead atoms. The van der Waals surface area contributed by atoms with Gasteiger partial charge in [0, 0.05) is 38.5 Å². The summed E-state index contributed by atoms with van der Waals surface area (Å²) in [7, 11) is 1.46. The molecule has 26 heavy (non-hydrogen) atoms. The molecule has 1 aliphatic rings. The lowest BCUT2D eigenvalue weighted by Crippen LogP contribution is -2.56. The Morgan fingerprint density at radius 1 is 1.23 bits per heavy atom. The minimum atomic E-state index is -0.263. The van der Waals surface area contributed by atoms with Crippen LogP contribution in [0.3, 0.4) is 0 Å². The molecule has 1 atom stereocenters. The number of ether oxygens (including phenoxy) is 1. The third-order valence-electron chi connectivity index (χ3n) is 4.97. The second-order valence-electron chi connectivity index (χ2n) is 6.79. The first-order valence-electron chi connectivity index (χ1n) is 8.90. The molecule has 1 heterocycles. The van der Waals surface area contributed by atoms with Gasteiger partial charge in [-0.2, -0.15) is 12.6 Å². The quantitative estimate of drug-likeness (QED) is 0.481. The summed E-state index contributed by atoms with van der Waals surface area (Å²) in [6.45, 7) is 7.93. The predicted molar refractivity (Wildman–Crippen MR) is 110 cm³/mol. The summed E-state index contributed by atoms with van der Waals surface area (Å²) in [4.78, 5) is 16.9. The second-order valence-corrected chi connectivity index (χ2v) is 7.11. The topological polar surface area (TPSA) is 32.8 Å². The van der Waals surface area contributed by atoms with Crippen molar-refractivity contribution < 1.29 is 9.53 Å². The minimum Gasteiger partial charge on any atom is -0.468 e. The molecule has 4 nitrogen and oxygen atoms in total. The number of carbonyl (C=O) groups excluding carboxylic acids is 1. The molecule has 1 fully saturated rings. The van der Waals surface area contributed by atoms with Crippen molar-refractivity contribution in [3.05, 3.63) is 60.2 Å². The summed E-state index contributed by atoms with van der Waals surface area (Å²) in [6.07, 6.45) is 0. The van der Waals surface area contributed by atoms with E-state index >= 15 is 0 Å². The van der Waals surface area contributed by atoms with E-state index in [1.807, 2.05) is 0 Å². The predicted octanol–water partition coefficient (Wildman–Crippen LogP) is 2.99. The molecule has 138 valence electrons. The van der Waals surface area contributed by atoms with Crippen molar-refractivity contribution in [3.8, 4) is 0 Å². The number of piperazine rings is 1. The molecule has 1 unspecified atom stereocenters. The van der Waals surface area contributed by atoms with E-state index in [0.717, 1.165) is 31.8 Å². The van der Waals surface area contributed by atoms with Crippen LogP contribution in [0.15, 0.2) is 54.6 Å². The van der Waals surface area contributed by atoms with Crippen LogP contribution < -0.4 is 0 Å². The van der Waals surface area contributed by atoms with E-state index in [1.165, 1.54) is 23.4 Å². The van der Waals surface area contributed by atoms with Crippen molar-refractivity contribution in [2.45, 2.75) is 12.6 Å².